The summed E-state index contributed by atoms with van der Waals surface area (Å²) in [7, 11) is 0. The summed E-state index contributed by atoms with van der Waals surface area (Å²) >= 11 is 0. The van der Waals surface area contributed by atoms with Gasteiger partial charge < -0.3 is 10.5 Å². The Kier molecular flexibility index (Phi) is 3.49. The summed E-state index contributed by atoms with van der Waals surface area (Å²) in [5.41, 5.74) is 7.79. The molecule has 0 unspecified atom stereocenters. The minimum Gasteiger partial charge on any atom is -0.457 e. The number of nitriles is 1. The molecule has 0 aliphatic rings. The van der Waals surface area contributed by atoms with Crippen LogP contribution >= 0.6 is 0 Å². The van der Waals surface area contributed by atoms with E-state index >= 15 is 0 Å². The van der Waals surface area contributed by atoms with Gasteiger partial charge in [-0.1, -0.05) is 25.1 Å². The predicted octanol–water partition coefficient (Wildman–Crippen LogP) is 3.50. The van der Waals surface area contributed by atoms with E-state index in [-0.39, 0.29) is 0 Å². The number of hydrogen-bond donors (Lipinski definition) is 1. The number of para-hydroxylation sites is 1. The molecule has 3 nitrogen and oxygen atoms in total. The van der Waals surface area contributed by atoms with Gasteiger partial charge in [0.15, 0.2) is 0 Å². The maximum atomic E-state index is 8.81. The van der Waals surface area contributed by atoms with Crippen molar-refractivity contribution in [3.63, 3.8) is 0 Å². The lowest BCUT2D eigenvalue weighted by Crippen LogP contribution is -1.93. The number of rotatable bonds is 3. The van der Waals surface area contributed by atoms with Gasteiger partial charge in [0.1, 0.15) is 17.6 Å². The Labute approximate surface area is 106 Å². The Bertz CT molecular complexity index is 600. The Balaban J connectivity index is 2.29. The quantitative estimate of drug-likeness (QED) is 0.832. The SMILES string of the molecule is CCc1ccccc1Oc1ccc(C#N)c(N)c1. The number of ether oxygens (including phenoxy) is 1. The normalized spacial score (nSPS) is 9.78. The van der Waals surface area contributed by atoms with E-state index in [9.17, 15) is 0 Å². The van der Waals surface area contributed by atoms with Gasteiger partial charge in [0.2, 0.25) is 0 Å². The molecule has 2 aromatic carbocycles. The number of hydrogen-bond acceptors (Lipinski definition) is 3. The Hall–Kier alpha value is -2.47. The van der Waals surface area contributed by atoms with Gasteiger partial charge in [0, 0.05) is 6.07 Å². The Morgan fingerprint density at radius 2 is 2.00 bits per heavy atom. The van der Waals surface area contributed by atoms with Gasteiger partial charge in [0.25, 0.3) is 0 Å². The minimum absolute atomic E-state index is 0.434. The maximum absolute atomic E-state index is 8.81. The first-order chi connectivity index (χ1) is 8.74. The Morgan fingerprint density at radius 1 is 1.22 bits per heavy atom. The molecule has 0 aromatic heterocycles. The highest BCUT2D eigenvalue weighted by Crippen LogP contribution is 2.27. The van der Waals surface area contributed by atoms with Crippen molar-refractivity contribution >= 4 is 5.69 Å². The van der Waals surface area contributed by atoms with Crippen LogP contribution in [-0.4, -0.2) is 0 Å². The van der Waals surface area contributed by atoms with E-state index in [1.807, 2.05) is 30.3 Å². The van der Waals surface area contributed by atoms with Crippen LogP contribution < -0.4 is 10.5 Å². The third-order valence-electron chi connectivity index (χ3n) is 2.72. The summed E-state index contributed by atoms with van der Waals surface area (Å²) in [5.74, 6) is 1.47. The van der Waals surface area contributed by atoms with Crippen LogP contribution in [0, 0.1) is 11.3 Å². The lowest BCUT2D eigenvalue weighted by Gasteiger charge is -2.10. The van der Waals surface area contributed by atoms with Gasteiger partial charge in [-0.2, -0.15) is 5.26 Å². The van der Waals surface area contributed by atoms with Gasteiger partial charge >= 0.3 is 0 Å². The van der Waals surface area contributed by atoms with Gasteiger partial charge in [-0.05, 0) is 30.2 Å². The van der Waals surface area contributed by atoms with E-state index < -0.39 is 0 Å². The van der Waals surface area contributed by atoms with Crippen molar-refractivity contribution in [2.45, 2.75) is 13.3 Å². The topological polar surface area (TPSA) is 59.0 Å². The van der Waals surface area contributed by atoms with Crippen molar-refractivity contribution in [1.29, 1.82) is 5.26 Å². The molecule has 2 aromatic rings. The highest BCUT2D eigenvalue weighted by atomic mass is 16.5. The van der Waals surface area contributed by atoms with Crippen LogP contribution in [0.4, 0.5) is 5.69 Å². The van der Waals surface area contributed by atoms with Crippen LogP contribution in [-0.2, 0) is 6.42 Å². The molecule has 0 radical (unpaired) electrons. The third kappa shape index (κ3) is 2.44. The number of nitrogen functional groups attached to an aromatic ring is 1. The van der Waals surface area contributed by atoms with Crippen molar-refractivity contribution in [2.75, 3.05) is 5.73 Å². The van der Waals surface area contributed by atoms with E-state index in [1.165, 1.54) is 0 Å². The standard InChI is InChI=1S/C15H14N2O/c1-2-11-5-3-4-6-15(11)18-13-8-7-12(10-16)14(17)9-13/h3-9H,2,17H2,1H3. The van der Waals surface area contributed by atoms with Crippen molar-refractivity contribution < 1.29 is 4.74 Å². The number of nitrogens with two attached hydrogens (primary N) is 1. The zero-order valence-electron chi connectivity index (χ0n) is 10.2. The van der Waals surface area contributed by atoms with Crippen LogP contribution in [0.25, 0.3) is 0 Å². The largest absolute Gasteiger partial charge is 0.457 e. The molecule has 2 rings (SSSR count). The highest BCUT2D eigenvalue weighted by molar-refractivity contribution is 5.57. The summed E-state index contributed by atoms with van der Waals surface area (Å²) in [4.78, 5) is 0. The molecule has 0 spiro atoms. The first-order valence-electron chi connectivity index (χ1n) is 5.80. The van der Waals surface area contributed by atoms with Crippen LogP contribution in [0.1, 0.15) is 18.1 Å². The first kappa shape index (κ1) is 12.0. The second-order valence-electron chi connectivity index (χ2n) is 3.92. The highest BCUT2D eigenvalue weighted by Gasteiger charge is 2.04. The monoisotopic (exact) mass is 238 g/mol. The molecule has 0 heterocycles. The van der Waals surface area contributed by atoms with Gasteiger partial charge in [-0.3, -0.25) is 0 Å². The average molecular weight is 238 g/mol. The number of benzene rings is 2. The molecule has 90 valence electrons. The van der Waals surface area contributed by atoms with E-state index in [2.05, 4.69) is 6.92 Å². The predicted molar refractivity (Wildman–Crippen MR) is 71.5 cm³/mol. The van der Waals surface area contributed by atoms with Crippen molar-refractivity contribution in [3.05, 3.63) is 53.6 Å². The summed E-state index contributed by atoms with van der Waals surface area (Å²) in [6.07, 6.45) is 0.905. The number of anilines is 1. The van der Waals surface area contributed by atoms with Gasteiger partial charge in [0.05, 0.1) is 11.3 Å². The molecule has 0 amide bonds. The van der Waals surface area contributed by atoms with Crippen LogP contribution in [0.3, 0.4) is 0 Å². The second kappa shape index (κ2) is 5.24. The maximum Gasteiger partial charge on any atom is 0.130 e. The van der Waals surface area contributed by atoms with Crippen molar-refractivity contribution in [3.8, 4) is 17.6 Å². The summed E-state index contributed by atoms with van der Waals surface area (Å²) in [5, 5.41) is 8.81. The van der Waals surface area contributed by atoms with E-state index in [1.54, 1.807) is 18.2 Å². The fourth-order valence-electron chi connectivity index (χ4n) is 1.73. The van der Waals surface area contributed by atoms with Crippen LogP contribution in [0.15, 0.2) is 42.5 Å². The zero-order valence-corrected chi connectivity index (χ0v) is 10.2. The van der Waals surface area contributed by atoms with Gasteiger partial charge in [-0.25, -0.2) is 0 Å². The molecular weight excluding hydrogens is 224 g/mol. The number of aryl methyl sites for hydroxylation is 1. The molecule has 2 N–H and O–H groups in total. The fraction of sp³-hybridized carbons (Fsp3) is 0.133. The summed E-state index contributed by atoms with van der Waals surface area (Å²) < 4.78 is 5.79. The smallest absolute Gasteiger partial charge is 0.130 e. The molecule has 3 heteroatoms. The fourth-order valence-corrected chi connectivity index (χ4v) is 1.73. The lowest BCUT2D eigenvalue weighted by atomic mass is 10.1. The van der Waals surface area contributed by atoms with Crippen molar-refractivity contribution in [2.24, 2.45) is 0 Å². The second-order valence-corrected chi connectivity index (χ2v) is 3.92. The average Bonchev–Trinajstić information content (AvgIpc) is 2.39. The number of nitrogens with zero attached hydrogens (tertiary/aromatic N) is 1. The minimum atomic E-state index is 0.434. The summed E-state index contributed by atoms with van der Waals surface area (Å²) in [6, 6.07) is 15.0. The molecule has 0 aliphatic heterocycles. The van der Waals surface area contributed by atoms with Gasteiger partial charge in [-0.15, -0.1) is 0 Å². The first-order valence-corrected chi connectivity index (χ1v) is 5.80. The zero-order chi connectivity index (χ0) is 13.0. The lowest BCUT2D eigenvalue weighted by molar-refractivity contribution is 0.477. The molecule has 0 saturated carbocycles. The van der Waals surface area contributed by atoms with Crippen LogP contribution in [0.2, 0.25) is 0 Å². The third-order valence-corrected chi connectivity index (χ3v) is 2.72. The van der Waals surface area contributed by atoms with Crippen molar-refractivity contribution in [1.82, 2.24) is 0 Å². The Morgan fingerprint density at radius 3 is 2.67 bits per heavy atom. The molecule has 0 fully saturated rings. The molecular formula is C15H14N2O. The van der Waals surface area contributed by atoms with E-state index in [4.69, 9.17) is 15.7 Å². The molecule has 0 bridgehead atoms. The summed E-state index contributed by atoms with van der Waals surface area (Å²) in [6.45, 7) is 2.08. The van der Waals surface area contributed by atoms with Crippen LogP contribution in [0.5, 0.6) is 11.5 Å². The van der Waals surface area contributed by atoms with E-state index in [0.717, 1.165) is 17.7 Å². The van der Waals surface area contributed by atoms with E-state index in [0.29, 0.717) is 17.0 Å². The molecule has 0 saturated heterocycles. The molecule has 18 heavy (non-hydrogen) atoms. The molecule has 0 atom stereocenters. The molecule has 0 aliphatic carbocycles.